The molecule has 122 valence electrons. The van der Waals surface area contributed by atoms with Gasteiger partial charge in [-0.05, 0) is 35.4 Å². The molecule has 0 aromatic heterocycles. The predicted octanol–water partition coefficient (Wildman–Crippen LogP) is 0.722. The lowest BCUT2D eigenvalue weighted by Gasteiger charge is -2.08. The molecule has 0 atom stereocenters. The molecule has 3 rings (SSSR count). The number of rotatable bonds is 4. The van der Waals surface area contributed by atoms with Gasteiger partial charge >= 0.3 is 5.97 Å². The Labute approximate surface area is 145 Å². The van der Waals surface area contributed by atoms with Crippen LogP contribution in [0.4, 0.5) is 5.69 Å². The number of hydrogen-bond acceptors (Lipinski definition) is 2. The van der Waals surface area contributed by atoms with Gasteiger partial charge in [0.2, 0.25) is 0 Å². The van der Waals surface area contributed by atoms with Crippen LogP contribution >= 0.6 is 0 Å². The molecule has 0 aliphatic heterocycles. The first-order chi connectivity index (χ1) is 11.1. The van der Waals surface area contributed by atoms with Crippen molar-refractivity contribution in [2.24, 2.45) is 0 Å². The number of benzene rings is 3. The van der Waals surface area contributed by atoms with Crippen LogP contribution in [0.15, 0.2) is 72.8 Å². The Morgan fingerprint density at radius 2 is 1.50 bits per heavy atom. The fourth-order valence-corrected chi connectivity index (χ4v) is 2.29. The molecule has 0 aliphatic carbocycles. The SMILES string of the molecule is [Cl-].[NH3+]c1cc(C(=O)O)ccc1Oc1ccc(-c2ccccc2)cc1. The quantitative estimate of drug-likeness (QED) is 0.734. The van der Waals surface area contributed by atoms with Gasteiger partial charge in [0, 0.05) is 6.07 Å². The lowest BCUT2D eigenvalue weighted by molar-refractivity contribution is -0.256. The van der Waals surface area contributed by atoms with Gasteiger partial charge in [-0.15, -0.1) is 0 Å². The van der Waals surface area contributed by atoms with E-state index in [-0.39, 0.29) is 18.0 Å². The van der Waals surface area contributed by atoms with E-state index in [0.29, 0.717) is 17.2 Å². The topological polar surface area (TPSA) is 74.2 Å². The van der Waals surface area contributed by atoms with E-state index in [0.717, 1.165) is 11.1 Å². The van der Waals surface area contributed by atoms with E-state index in [4.69, 9.17) is 9.84 Å². The second-order valence-corrected chi connectivity index (χ2v) is 5.12. The molecule has 0 heterocycles. The van der Waals surface area contributed by atoms with Crippen molar-refractivity contribution in [1.29, 1.82) is 0 Å². The van der Waals surface area contributed by atoms with Gasteiger partial charge in [-0.2, -0.15) is 0 Å². The minimum atomic E-state index is -0.978. The highest BCUT2D eigenvalue weighted by Crippen LogP contribution is 2.29. The summed E-state index contributed by atoms with van der Waals surface area (Å²) in [6.45, 7) is 0. The lowest BCUT2D eigenvalue weighted by Crippen LogP contribution is -3.00. The van der Waals surface area contributed by atoms with Crippen LogP contribution in [0.5, 0.6) is 11.5 Å². The Balaban J connectivity index is 0.00000208. The number of carbonyl (C=O) groups is 1. The van der Waals surface area contributed by atoms with Crippen molar-refractivity contribution >= 4 is 11.7 Å². The summed E-state index contributed by atoms with van der Waals surface area (Å²) in [6, 6.07) is 22.4. The monoisotopic (exact) mass is 341 g/mol. The van der Waals surface area contributed by atoms with Crippen LogP contribution in [0.25, 0.3) is 11.1 Å². The summed E-state index contributed by atoms with van der Waals surface area (Å²) in [5.41, 5.74) is 6.82. The van der Waals surface area contributed by atoms with E-state index in [1.807, 2.05) is 42.5 Å². The number of hydrogen-bond donors (Lipinski definition) is 2. The minimum Gasteiger partial charge on any atom is -1.00 e. The van der Waals surface area contributed by atoms with Crippen molar-refractivity contribution in [3.8, 4) is 22.6 Å². The largest absolute Gasteiger partial charge is 1.00 e. The average Bonchev–Trinajstić information content (AvgIpc) is 2.58. The number of carboxylic acids is 1. The summed E-state index contributed by atoms with van der Waals surface area (Å²) < 4.78 is 5.78. The van der Waals surface area contributed by atoms with E-state index >= 15 is 0 Å². The summed E-state index contributed by atoms with van der Waals surface area (Å²) in [5, 5.41) is 8.96. The van der Waals surface area contributed by atoms with Gasteiger partial charge in [-0.25, -0.2) is 4.79 Å². The zero-order valence-electron chi connectivity index (χ0n) is 12.8. The first-order valence-electron chi connectivity index (χ1n) is 7.16. The third-order valence-corrected chi connectivity index (χ3v) is 3.50. The number of carboxylic acid groups (broad SMARTS) is 1. The lowest BCUT2D eigenvalue weighted by atomic mass is 10.1. The molecule has 5 heteroatoms. The number of aromatic carboxylic acids is 1. The third-order valence-electron chi connectivity index (χ3n) is 3.50. The van der Waals surface area contributed by atoms with Crippen molar-refractivity contribution in [1.82, 2.24) is 0 Å². The zero-order chi connectivity index (χ0) is 16.2. The van der Waals surface area contributed by atoms with Gasteiger partial charge in [0.25, 0.3) is 0 Å². The molecule has 0 amide bonds. The molecule has 0 radical (unpaired) electrons. The third kappa shape index (κ3) is 3.93. The summed E-state index contributed by atoms with van der Waals surface area (Å²) >= 11 is 0. The highest BCUT2D eigenvalue weighted by atomic mass is 35.5. The predicted molar refractivity (Wildman–Crippen MR) is 87.9 cm³/mol. The maximum atomic E-state index is 10.9. The molecule has 3 aromatic rings. The Kier molecular flexibility index (Phi) is 5.58. The standard InChI is InChI=1S/C19H15NO3.ClH/c20-17-12-15(19(21)22)8-11-18(17)23-16-9-6-14(7-10-16)13-4-2-1-3-5-13;/h1-12H,20H2,(H,21,22);1H. The number of quaternary nitrogens is 1. The summed E-state index contributed by atoms with van der Waals surface area (Å²) in [5.74, 6) is 0.244. The van der Waals surface area contributed by atoms with E-state index in [2.05, 4.69) is 17.9 Å². The maximum Gasteiger partial charge on any atom is 0.335 e. The van der Waals surface area contributed by atoms with Crippen LogP contribution in [0, 0.1) is 0 Å². The summed E-state index contributed by atoms with van der Waals surface area (Å²) in [4.78, 5) is 10.9. The zero-order valence-corrected chi connectivity index (χ0v) is 13.5. The Bertz CT molecular complexity index is 833. The van der Waals surface area contributed by atoms with Gasteiger partial charge in [0.05, 0.1) is 5.56 Å². The summed E-state index contributed by atoms with van der Waals surface area (Å²) in [6.07, 6.45) is 0. The van der Waals surface area contributed by atoms with E-state index in [1.165, 1.54) is 12.1 Å². The van der Waals surface area contributed by atoms with Crippen molar-refractivity contribution in [3.63, 3.8) is 0 Å². The molecular weight excluding hydrogens is 326 g/mol. The average molecular weight is 342 g/mol. The molecular formula is C19H16ClNO3. The molecule has 0 fully saturated rings. The molecule has 0 unspecified atom stereocenters. The van der Waals surface area contributed by atoms with Crippen molar-refractivity contribution in [2.75, 3.05) is 0 Å². The molecule has 4 nitrogen and oxygen atoms in total. The molecule has 0 saturated carbocycles. The van der Waals surface area contributed by atoms with Gasteiger partial charge < -0.3 is 28.0 Å². The van der Waals surface area contributed by atoms with E-state index in [1.54, 1.807) is 6.07 Å². The molecule has 24 heavy (non-hydrogen) atoms. The van der Waals surface area contributed by atoms with Crippen LogP contribution in [0.3, 0.4) is 0 Å². The Hall–Kier alpha value is -2.82. The second-order valence-electron chi connectivity index (χ2n) is 5.12. The van der Waals surface area contributed by atoms with Crippen molar-refractivity contribution in [3.05, 3.63) is 78.4 Å². The van der Waals surface area contributed by atoms with Gasteiger partial charge in [-0.1, -0.05) is 42.5 Å². The van der Waals surface area contributed by atoms with Gasteiger partial charge in [-0.3, -0.25) is 0 Å². The molecule has 0 bridgehead atoms. The van der Waals surface area contributed by atoms with Gasteiger partial charge in [0.1, 0.15) is 5.75 Å². The molecule has 0 spiro atoms. The first-order valence-corrected chi connectivity index (χ1v) is 7.16. The smallest absolute Gasteiger partial charge is 0.335 e. The van der Waals surface area contributed by atoms with E-state index < -0.39 is 5.97 Å². The number of ether oxygens (including phenoxy) is 1. The van der Waals surface area contributed by atoms with Crippen molar-refractivity contribution in [2.45, 2.75) is 0 Å². The molecule has 0 aliphatic rings. The fraction of sp³-hybridized carbons (Fsp3) is 0. The maximum absolute atomic E-state index is 10.9. The van der Waals surface area contributed by atoms with Crippen LogP contribution in [0.2, 0.25) is 0 Å². The van der Waals surface area contributed by atoms with E-state index in [9.17, 15) is 4.79 Å². The minimum absolute atomic E-state index is 0. The van der Waals surface area contributed by atoms with Crippen LogP contribution in [-0.4, -0.2) is 11.1 Å². The Morgan fingerprint density at radius 3 is 2.08 bits per heavy atom. The molecule has 3 aromatic carbocycles. The highest BCUT2D eigenvalue weighted by Gasteiger charge is 2.10. The van der Waals surface area contributed by atoms with Crippen LogP contribution < -0.4 is 22.9 Å². The number of halogens is 1. The Morgan fingerprint density at radius 1 is 0.875 bits per heavy atom. The van der Waals surface area contributed by atoms with Gasteiger partial charge in [0.15, 0.2) is 11.4 Å². The molecule has 4 N–H and O–H groups in total. The van der Waals surface area contributed by atoms with Crippen LogP contribution in [-0.2, 0) is 0 Å². The normalized spacial score (nSPS) is 9.88. The highest BCUT2D eigenvalue weighted by molar-refractivity contribution is 5.88. The first kappa shape index (κ1) is 17.5. The van der Waals surface area contributed by atoms with Crippen LogP contribution in [0.1, 0.15) is 10.4 Å². The summed E-state index contributed by atoms with van der Waals surface area (Å²) in [7, 11) is 0. The fourth-order valence-electron chi connectivity index (χ4n) is 2.29. The second kappa shape index (κ2) is 7.64. The molecule has 0 saturated heterocycles. The van der Waals surface area contributed by atoms with Crippen molar-refractivity contribution < 1.29 is 32.8 Å².